The van der Waals surface area contributed by atoms with E-state index in [1.54, 1.807) is 5.57 Å². The Kier molecular flexibility index (Phi) is 5.95. The van der Waals surface area contributed by atoms with Crippen LogP contribution in [0.5, 0.6) is 0 Å². The first-order valence-corrected chi connectivity index (χ1v) is 12.7. The molecule has 0 bridgehead atoms. The van der Waals surface area contributed by atoms with Crippen molar-refractivity contribution in [2.24, 2.45) is 51.5 Å². The number of oxime groups is 1. The van der Waals surface area contributed by atoms with Crippen molar-refractivity contribution in [2.45, 2.75) is 105 Å². The Balaban J connectivity index is 1.49. The van der Waals surface area contributed by atoms with Crippen LogP contribution in [0, 0.1) is 46.3 Å². The lowest BCUT2D eigenvalue weighted by molar-refractivity contribution is -0.0574. The van der Waals surface area contributed by atoms with Gasteiger partial charge in [0.15, 0.2) is 0 Å². The Morgan fingerprint density at radius 3 is 2.52 bits per heavy atom. The normalized spacial score (nSPS) is 44.2. The van der Waals surface area contributed by atoms with Gasteiger partial charge in [0.1, 0.15) is 0 Å². The van der Waals surface area contributed by atoms with E-state index in [9.17, 15) is 5.21 Å². The van der Waals surface area contributed by atoms with E-state index in [1.165, 1.54) is 64.2 Å². The van der Waals surface area contributed by atoms with Crippen LogP contribution in [-0.2, 0) is 0 Å². The minimum absolute atomic E-state index is 0.361. The van der Waals surface area contributed by atoms with E-state index in [4.69, 9.17) is 0 Å². The molecule has 0 unspecified atom stereocenters. The highest BCUT2D eigenvalue weighted by molar-refractivity contribution is 5.96. The summed E-state index contributed by atoms with van der Waals surface area (Å²) in [4.78, 5) is 0. The van der Waals surface area contributed by atoms with Crippen molar-refractivity contribution >= 4 is 5.71 Å². The van der Waals surface area contributed by atoms with Crippen molar-refractivity contribution in [3.8, 4) is 0 Å². The zero-order chi connectivity index (χ0) is 20.8. The van der Waals surface area contributed by atoms with Gasteiger partial charge < -0.3 is 5.21 Å². The van der Waals surface area contributed by atoms with Gasteiger partial charge in [-0.05, 0) is 104 Å². The van der Waals surface area contributed by atoms with E-state index in [2.05, 4.69) is 45.9 Å². The van der Waals surface area contributed by atoms with E-state index >= 15 is 0 Å². The average molecular weight is 400 g/mol. The third kappa shape index (κ3) is 3.61. The molecule has 0 saturated heterocycles. The van der Waals surface area contributed by atoms with Gasteiger partial charge in [0.2, 0.25) is 0 Å². The fourth-order valence-electron chi connectivity index (χ4n) is 8.67. The molecular formula is C27H45NO. The van der Waals surface area contributed by atoms with E-state index in [-0.39, 0.29) is 0 Å². The van der Waals surface area contributed by atoms with Gasteiger partial charge in [-0.25, -0.2) is 0 Å². The summed E-state index contributed by atoms with van der Waals surface area (Å²) < 4.78 is 0. The zero-order valence-electron chi connectivity index (χ0n) is 19.7. The molecule has 0 aliphatic heterocycles. The van der Waals surface area contributed by atoms with Crippen molar-refractivity contribution in [3.63, 3.8) is 0 Å². The lowest BCUT2D eigenvalue weighted by Crippen LogP contribution is -2.51. The standard InChI is InChI=1S/C27H45NO/c1-18(2)7-6-8-19(3)23-11-12-24-22-10-9-20-17-21(28-29)13-15-26(20,4)25(22)14-16-27(23,24)5/h17-19,22-25,29H,6-16H2,1-5H3/b28-21+/t19-,22+,23-,24+,25+,26+,27-/m0/s1. The maximum atomic E-state index is 9.27. The molecule has 0 spiro atoms. The minimum Gasteiger partial charge on any atom is -0.411 e. The van der Waals surface area contributed by atoms with Crippen LogP contribution < -0.4 is 0 Å². The number of fused-ring (bicyclic) bond motifs is 5. The van der Waals surface area contributed by atoms with Crippen LogP contribution in [0.2, 0.25) is 0 Å². The summed E-state index contributed by atoms with van der Waals surface area (Å²) in [7, 11) is 0. The predicted molar refractivity (Wildman–Crippen MR) is 122 cm³/mol. The summed E-state index contributed by atoms with van der Waals surface area (Å²) >= 11 is 0. The fourth-order valence-corrected chi connectivity index (χ4v) is 8.67. The Bertz CT molecular complexity index is 663. The summed E-state index contributed by atoms with van der Waals surface area (Å²) in [6.45, 7) is 12.5. The molecule has 4 aliphatic carbocycles. The highest BCUT2D eigenvalue weighted by Crippen LogP contribution is 2.67. The second kappa shape index (κ2) is 8.04. The first kappa shape index (κ1) is 21.4. The van der Waals surface area contributed by atoms with E-state index in [1.807, 2.05) is 0 Å². The van der Waals surface area contributed by atoms with Crippen LogP contribution in [0.4, 0.5) is 0 Å². The van der Waals surface area contributed by atoms with E-state index in [0.29, 0.717) is 10.8 Å². The molecule has 4 rings (SSSR count). The molecule has 0 aromatic heterocycles. The summed E-state index contributed by atoms with van der Waals surface area (Å²) in [5.41, 5.74) is 3.45. The van der Waals surface area contributed by atoms with Gasteiger partial charge in [-0.15, -0.1) is 0 Å². The molecule has 7 atom stereocenters. The number of nitrogens with zero attached hydrogens (tertiary/aromatic N) is 1. The van der Waals surface area contributed by atoms with Crippen molar-refractivity contribution in [3.05, 3.63) is 11.6 Å². The van der Waals surface area contributed by atoms with Crippen molar-refractivity contribution in [1.82, 2.24) is 0 Å². The molecule has 0 aromatic carbocycles. The number of allylic oxidation sites excluding steroid dienone is 2. The van der Waals surface area contributed by atoms with E-state index < -0.39 is 0 Å². The third-order valence-corrected chi connectivity index (χ3v) is 10.3. The third-order valence-electron chi connectivity index (χ3n) is 10.3. The second-order valence-electron chi connectivity index (χ2n) is 12.1. The summed E-state index contributed by atoms with van der Waals surface area (Å²) in [5.74, 6) is 5.43. The maximum Gasteiger partial charge on any atom is 0.0795 e. The predicted octanol–water partition coefficient (Wildman–Crippen LogP) is 7.86. The molecule has 0 radical (unpaired) electrons. The SMILES string of the molecule is CC(C)CCC[C@H](C)[C@@H]1CC[C@@H]2[C@H]3CCC4=C/C(=N/O)CC[C@@]4(C)[C@@H]3CC[C@]21C. The van der Waals surface area contributed by atoms with Gasteiger partial charge in [-0.3, -0.25) is 0 Å². The topological polar surface area (TPSA) is 32.6 Å². The first-order chi connectivity index (χ1) is 13.8. The molecular weight excluding hydrogens is 354 g/mol. The Labute approximate surface area is 179 Å². The molecule has 3 fully saturated rings. The Morgan fingerprint density at radius 2 is 1.79 bits per heavy atom. The van der Waals surface area contributed by atoms with Crippen LogP contribution in [0.15, 0.2) is 16.8 Å². The average Bonchev–Trinajstić information content (AvgIpc) is 3.04. The van der Waals surface area contributed by atoms with Crippen LogP contribution in [0.3, 0.4) is 0 Å². The Hall–Kier alpha value is -0.790. The van der Waals surface area contributed by atoms with Crippen molar-refractivity contribution in [1.29, 1.82) is 0 Å². The van der Waals surface area contributed by atoms with Gasteiger partial charge in [0, 0.05) is 0 Å². The molecule has 0 amide bonds. The quantitative estimate of drug-likeness (QED) is 0.370. The molecule has 0 aromatic rings. The van der Waals surface area contributed by atoms with Crippen molar-refractivity contribution < 1.29 is 5.21 Å². The van der Waals surface area contributed by atoms with E-state index in [0.717, 1.165) is 47.6 Å². The summed E-state index contributed by atoms with van der Waals surface area (Å²) in [5, 5.41) is 12.8. The monoisotopic (exact) mass is 399 g/mol. The summed E-state index contributed by atoms with van der Waals surface area (Å²) in [6.07, 6.45) is 17.1. The van der Waals surface area contributed by atoms with Crippen LogP contribution in [-0.4, -0.2) is 10.9 Å². The minimum atomic E-state index is 0.361. The van der Waals surface area contributed by atoms with Gasteiger partial charge >= 0.3 is 0 Å². The molecule has 1 N–H and O–H groups in total. The largest absolute Gasteiger partial charge is 0.411 e. The molecule has 2 nitrogen and oxygen atoms in total. The Morgan fingerprint density at radius 1 is 1.00 bits per heavy atom. The molecule has 4 aliphatic rings. The molecule has 3 saturated carbocycles. The smallest absolute Gasteiger partial charge is 0.0795 e. The molecule has 0 heterocycles. The van der Waals surface area contributed by atoms with Gasteiger partial charge in [-0.1, -0.05) is 64.6 Å². The molecule has 2 heteroatoms. The first-order valence-electron chi connectivity index (χ1n) is 12.7. The number of hydrogen-bond donors (Lipinski definition) is 1. The van der Waals surface area contributed by atoms with Gasteiger partial charge in [0.25, 0.3) is 0 Å². The number of rotatable bonds is 5. The van der Waals surface area contributed by atoms with Crippen LogP contribution in [0.1, 0.15) is 105 Å². The maximum absolute atomic E-state index is 9.27. The van der Waals surface area contributed by atoms with Crippen LogP contribution in [0.25, 0.3) is 0 Å². The van der Waals surface area contributed by atoms with Crippen LogP contribution >= 0.6 is 0 Å². The fraction of sp³-hybridized carbons (Fsp3) is 0.889. The molecule has 29 heavy (non-hydrogen) atoms. The summed E-state index contributed by atoms with van der Waals surface area (Å²) in [6, 6.07) is 0. The molecule has 164 valence electrons. The lowest BCUT2D eigenvalue weighted by atomic mass is 9.46. The highest BCUT2D eigenvalue weighted by Gasteiger charge is 2.59. The highest BCUT2D eigenvalue weighted by atomic mass is 16.4. The zero-order valence-corrected chi connectivity index (χ0v) is 19.7. The van der Waals surface area contributed by atoms with Crippen molar-refractivity contribution in [2.75, 3.05) is 0 Å². The second-order valence-corrected chi connectivity index (χ2v) is 12.1. The van der Waals surface area contributed by atoms with Gasteiger partial charge in [0.05, 0.1) is 5.71 Å². The van der Waals surface area contributed by atoms with Gasteiger partial charge in [-0.2, -0.15) is 0 Å². The lowest BCUT2D eigenvalue weighted by Gasteiger charge is -2.58. The number of hydrogen-bond acceptors (Lipinski definition) is 2.